The molecule has 0 saturated carbocycles. The van der Waals surface area contributed by atoms with Crippen LogP contribution in [0, 0.1) is 5.82 Å². The van der Waals surface area contributed by atoms with Crippen LogP contribution in [0.2, 0.25) is 0 Å². The van der Waals surface area contributed by atoms with Crippen molar-refractivity contribution in [1.29, 1.82) is 0 Å². The van der Waals surface area contributed by atoms with Gasteiger partial charge in [0.15, 0.2) is 0 Å². The van der Waals surface area contributed by atoms with Crippen LogP contribution < -0.4 is 4.90 Å². The Labute approximate surface area is 98.6 Å². The number of carboxylic acids is 1. The summed E-state index contributed by atoms with van der Waals surface area (Å²) in [5.74, 6) is -1.62. The average Bonchev–Trinajstić information content (AvgIpc) is 2.28. The number of ether oxygens (including phenoxy) is 1. The van der Waals surface area contributed by atoms with Crippen molar-refractivity contribution in [3.63, 3.8) is 0 Å². The van der Waals surface area contributed by atoms with Crippen LogP contribution in [-0.4, -0.2) is 36.9 Å². The molecule has 4 nitrogen and oxygen atoms in total. The highest BCUT2D eigenvalue weighted by Crippen LogP contribution is 2.22. The van der Waals surface area contributed by atoms with Gasteiger partial charge >= 0.3 is 5.97 Å². The summed E-state index contributed by atoms with van der Waals surface area (Å²) >= 11 is 0. The lowest BCUT2D eigenvalue weighted by molar-refractivity contribution is 0.0529. The highest BCUT2D eigenvalue weighted by molar-refractivity contribution is 5.88. The van der Waals surface area contributed by atoms with Crippen molar-refractivity contribution in [1.82, 2.24) is 0 Å². The maximum Gasteiger partial charge on any atom is 0.335 e. The third kappa shape index (κ3) is 2.55. The van der Waals surface area contributed by atoms with E-state index in [9.17, 15) is 9.18 Å². The van der Waals surface area contributed by atoms with Crippen molar-refractivity contribution in [2.24, 2.45) is 0 Å². The van der Waals surface area contributed by atoms with Gasteiger partial charge in [-0.05, 0) is 25.1 Å². The van der Waals surface area contributed by atoms with E-state index in [4.69, 9.17) is 9.84 Å². The summed E-state index contributed by atoms with van der Waals surface area (Å²) in [6.07, 6.45) is 0.0577. The Balaban J connectivity index is 2.23. The molecule has 0 aliphatic carbocycles. The van der Waals surface area contributed by atoms with E-state index < -0.39 is 11.8 Å². The van der Waals surface area contributed by atoms with Gasteiger partial charge < -0.3 is 14.7 Å². The number of morpholine rings is 1. The number of hydrogen-bond donors (Lipinski definition) is 1. The molecule has 0 spiro atoms. The molecule has 2 rings (SSSR count). The van der Waals surface area contributed by atoms with E-state index in [1.54, 1.807) is 0 Å². The molecule has 0 bridgehead atoms. The second kappa shape index (κ2) is 4.71. The van der Waals surface area contributed by atoms with Gasteiger partial charge in [-0.3, -0.25) is 0 Å². The number of carbonyl (C=O) groups is 1. The molecule has 1 aromatic rings. The zero-order valence-corrected chi connectivity index (χ0v) is 9.52. The number of benzene rings is 1. The van der Waals surface area contributed by atoms with Crippen LogP contribution >= 0.6 is 0 Å². The molecule has 92 valence electrons. The number of anilines is 1. The fourth-order valence-electron chi connectivity index (χ4n) is 1.93. The molecule has 0 aromatic heterocycles. The molecule has 0 radical (unpaired) electrons. The topological polar surface area (TPSA) is 49.8 Å². The third-order valence-electron chi connectivity index (χ3n) is 2.78. The fourth-order valence-corrected chi connectivity index (χ4v) is 1.93. The van der Waals surface area contributed by atoms with Gasteiger partial charge in [-0.25, -0.2) is 9.18 Å². The molecule has 1 heterocycles. The smallest absolute Gasteiger partial charge is 0.335 e. The van der Waals surface area contributed by atoms with Gasteiger partial charge in [0, 0.05) is 13.1 Å². The standard InChI is InChI=1S/C12H14FNO3/c1-8-7-14(4-5-17-8)11-3-2-9(12(15)16)6-10(11)13/h2-3,6,8H,4-5,7H2,1H3,(H,15,16). The molecule has 1 aliphatic heterocycles. The lowest BCUT2D eigenvalue weighted by Gasteiger charge is -2.33. The van der Waals surface area contributed by atoms with E-state index in [2.05, 4.69) is 0 Å². The van der Waals surface area contributed by atoms with Crippen LogP contribution in [0.5, 0.6) is 0 Å². The second-order valence-corrected chi connectivity index (χ2v) is 4.10. The first-order valence-corrected chi connectivity index (χ1v) is 5.47. The minimum absolute atomic E-state index is 0.0347. The van der Waals surface area contributed by atoms with Crippen LogP contribution in [0.15, 0.2) is 18.2 Å². The van der Waals surface area contributed by atoms with Gasteiger partial charge in [-0.2, -0.15) is 0 Å². The first-order chi connectivity index (χ1) is 8.08. The minimum atomic E-state index is -1.12. The first-order valence-electron chi connectivity index (χ1n) is 5.47. The predicted molar refractivity (Wildman–Crippen MR) is 61.0 cm³/mol. The average molecular weight is 239 g/mol. The molecule has 1 aliphatic rings. The number of nitrogens with zero attached hydrogens (tertiary/aromatic N) is 1. The van der Waals surface area contributed by atoms with Crippen LogP contribution in [-0.2, 0) is 4.74 Å². The zero-order valence-electron chi connectivity index (χ0n) is 9.52. The molecule has 1 N–H and O–H groups in total. The number of hydrogen-bond acceptors (Lipinski definition) is 3. The Bertz CT molecular complexity index is 436. The summed E-state index contributed by atoms with van der Waals surface area (Å²) in [6.45, 7) is 3.72. The van der Waals surface area contributed by atoms with E-state index in [1.165, 1.54) is 12.1 Å². The normalized spacial score (nSPS) is 20.4. The quantitative estimate of drug-likeness (QED) is 0.854. The second-order valence-electron chi connectivity index (χ2n) is 4.10. The van der Waals surface area contributed by atoms with Crippen LogP contribution in [0.25, 0.3) is 0 Å². The highest BCUT2D eigenvalue weighted by Gasteiger charge is 2.20. The highest BCUT2D eigenvalue weighted by atomic mass is 19.1. The van der Waals surface area contributed by atoms with Gasteiger partial charge in [-0.1, -0.05) is 0 Å². The van der Waals surface area contributed by atoms with Gasteiger partial charge in [0.05, 0.1) is 24.0 Å². The van der Waals surface area contributed by atoms with Crippen molar-refractivity contribution >= 4 is 11.7 Å². The molecule has 1 aromatic carbocycles. The van der Waals surface area contributed by atoms with Gasteiger partial charge in [0.2, 0.25) is 0 Å². The summed E-state index contributed by atoms with van der Waals surface area (Å²) in [6, 6.07) is 3.98. The maximum atomic E-state index is 13.8. The number of rotatable bonds is 2. The lowest BCUT2D eigenvalue weighted by Crippen LogP contribution is -2.41. The number of aromatic carboxylic acids is 1. The van der Waals surface area contributed by atoms with Gasteiger partial charge in [0.25, 0.3) is 0 Å². The first kappa shape index (κ1) is 11.9. The lowest BCUT2D eigenvalue weighted by atomic mass is 10.1. The summed E-state index contributed by atoms with van der Waals surface area (Å²) in [5.41, 5.74) is 0.401. The summed E-state index contributed by atoms with van der Waals surface area (Å²) in [7, 11) is 0. The largest absolute Gasteiger partial charge is 0.478 e. The Morgan fingerprint density at radius 1 is 1.59 bits per heavy atom. The van der Waals surface area contributed by atoms with E-state index >= 15 is 0 Å². The van der Waals surface area contributed by atoms with Crippen molar-refractivity contribution in [2.75, 3.05) is 24.6 Å². The van der Waals surface area contributed by atoms with Crippen LogP contribution in [0.3, 0.4) is 0 Å². The van der Waals surface area contributed by atoms with E-state index in [1.807, 2.05) is 11.8 Å². The Hall–Kier alpha value is -1.62. The predicted octanol–water partition coefficient (Wildman–Crippen LogP) is 1.75. The molecule has 5 heteroatoms. The Morgan fingerprint density at radius 3 is 2.94 bits per heavy atom. The monoisotopic (exact) mass is 239 g/mol. The molecule has 1 unspecified atom stereocenters. The van der Waals surface area contributed by atoms with E-state index in [0.717, 1.165) is 6.07 Å². The van der Waals surface area contributed by atoms with Crippen LogP contribution in [0.1, 0.15) is 17.3 Å². The van der Waals surface area contributed by atoms with Gasteiger partial charge in [-0.15, -0.1) is 0 Å². The Morgan fingerprint density at radius 2 is 2.35 bits per heavy atom. The van der Waals surface area contributed by atoms with Crippen molar-refractivity contribution in [3.05, 3.63) is 29.6 Å². The molecular formula is C12H14FNO3. The molecule has 1 fully saturated rings. The SMILES string of the molecule is CC1CN(c2ccc(C(=O)O)cc2F)CCO1. The fraction of sp³-hybridized carbons (Fsp3) is 0.417. The van der Waals surface area contributed by atoms with E-state index in [-0.39, 0.29) is 11.7 Å². The molecule has 17 heavy (non-hydrogen) atoms. The minimum Gasteiger partial charge on any atom is -0.478 e. The van der Waals surface area contributed by atoms with Crippen molar-refractivity contribution in [2.45, 2.75) is 13.0 Å². The molecule has 1 atom stereocenters. The zero-order chi connectivity index (χ0) is 12.4. The summed E-state index contributed by atoms with van der Waals surface area (Å²) in [4.78, 5) is 12.6. The molecule has 1 saturated heterocycles. The summed E-state index contributed by atoms with van der Waals surface area (Å²) in [5, 5.41) is 8.75. The van der Waals surface area contributed by atoms with Gasteiger partial charge in [0.1, 0.15) is 5.82 Å². The maximum absolute atomic E-state index is 13.8. The summed E-state index contributed by atoms with van der Waals surface area (Å²) < 4.78 is 19.1. The van der Waals surface area contributed by atoms with Crippen molar-refractivity contribution < 1.29 is 19.0 Å². The molecular weight excluding hydrogens is 225 g/mol. The number of carboxylic acid groups (broad SMARTS) is 1. The Kier molecular flexibility index (Phi) is 3.28. The van der Waals surface area contributed by atoms with Crippen molar-refractivity contribution in [3.8, 4) is 0 Å². The third-order valence-corrected chi connectivity index (χ3v) is 2.78. The van der Waals surface area contributed by atoms with E-state index in [0.29, 0.717) is 25.4 Å². The number of halogens is 1. The van der Waals surface area contributed by atoms with Crippen LogP contribution in [0.4, 0.5) is 10.1 Å². The molecule has 0 amide bonds.